The third-order valence-electron chi connectivity index (χ3n) is 3.03. The van der Waals surface area contributed by atoms with Crippen LogP contribution in [0.15, 0.2) is 18.2 Å². The van der Waals surface area contributed by atoms with E-state index in [2.05, 4.69) is 44.3 Å². The Morgan fingerprint density at radius 3 is 2.67 bits per heavy atom. The Bertz CT molecular complexity index is 340. The highest BCUT2D eigenvalue weighted by molar-refractivity contribution is 7.99. The van der Waals surface area contributed by atoms with Crippen molar-refractivity contribution in [1.82, 2.24) is 5.32 Å². The smallest absolute Gasteiger partial charge is 0.0789 e. The van der Waals surface area contributed by atoms with Gasteiger partial charge in [-0.05, 0) is 48.8 Å². The predicted octanol–water partition coefficient (Wildman–Crippen LogP) is 3.27. The molecule has 2 rings (SSSR count). The van der Waals surface area contributed by atoms with Crippen molar-refractivity contribution in [3.63, 3.8) is 0 Å². The summed E-state index contributed by atoms with van der Waals surface area (Å²) in [7, 11) is 0. The molecule has 0 radical (unpaired) electrons. The van der Waals surface area contributed by atoms with Gasteiger partial charge in [-0.2, -0.15) is 0 Å². The zero-order valence-corrected chi connectivity index (χ0v) is 10.5. The van der Waals surface area contributed by atoms with E-state index < -0.39 is 0 Å². The molecule has 15 heavy (non-hydrogen) atoms. The summed E-state index contributed by atoms with van der Waals surface area (Å²) in [5.74, 6) is 2.07. The fourth-order valence-electron chi connectivity index (χ4n) is 1.83. The number of hydrogen-bond acceptors (Lipinski definition) is 2. The second-order valence-electron chi connectivity index (χ2n) is 4.57. The van der Waals surface area contributed by atoms with Crippen molar-refractivity contribution in [3.8, 4) is 0 Å². The Morgan fingerprint density at radius 2 is 2.07 bits per heavy atom. The summed E-state index contributed by atoms with van der Waals surface area (Å²) in [5, 5.41) is 4.10. The first-order valence-corrected chi connectivity index (χ1v) is 6.64. The molecular weight excluding hydrogens is 202 g/mol. The second-order valence-corrected chi connectivity index (χ2v) is 5.71. The summed E-state index contributed by atoms with van der Waals surface area (Å²) >= 11 is 2.03. The normalized spacial score (nSPS) is 26.6. The molecule has 1 nitrogen and oxygen atoms in total. The van der Waals surface area contributed by atoms with E-state index >= 15 is 0 Å². The van der Waals surface area contributed by atoms with Gasteiger partial charge in [0.2, 0.25) is 0 Å². The lowest BCUT2D eigenvalue weighted by atomic mass is 10.1. The Morgan fingerprint density at radius 1 is 1.27 bits per heavy atom. The molecule has 0 saturated carbocycles. The number of hydrogen-bond donors (Lipinski definition) is 1. The maximum Gasteiger partial charge on any atom is 0.0789 e. The van der Waals surface area contributed by atoms with Crippen LogP contribution in [0.1, 0.15) is 29.0 Å². The van der Waals surface area contributed by atoms with E-state index in [9.17, 15) is 0 Å². The molecule has 0 amide bonds. The van der Waals surface area contributed by atoms with E-state index in [1.165, 1.54) is 22.4 Å². The van der Waals surface area contributed by atoms with Crippen LogP contribution in [0.3, 0.4) is 0 Å². The quantitative estimate of drug-likeness (QED) is 0.781. The summed E-state index contributed by atoms with van der Waals surface area (Å²) in [6.07, 6.45) is 0. The van der Waals surface area contributed by atoms with Crippen LogP contribution in [-0.4, -0.2) is 12.3 Å². The Kier molecular flexibility index (Phi) is 3.37. The van der Waals surface area contributed by atoms with Crippen molar-refractivity contribution in [2.75, 3.05) is 12.3 Å². The maximum absolute atomic E-state index is 3.59. The average Bonchev–Trinajstić information content (AvgIpc) is 2.23. The molecule has 1 heterocycles. The van der Waals surface area contributed by atoms with Crippen LogP contribution in [0.25, 0.3) is 0 Å². The minimum Gasteiger partial charge on any atom is -0.301 e. The molecule has 0 bridgehead atoms. The van der Waals surface area contributed by atoms with Crippen LogP contribution in [-0.2, 0) is 0 Å². The van der Waals surface area contributed by atoms with Gasteiger partial charge in [0.15, 0.2) is 0 Å². The number of benzene rings is 1. The highest BCUT2D eigenvalue weighted by atomic mass is 32.2. The second kappa shape index (κ2) is 4.58. The molecule has 0 aromatic heterocycles. The molecule has 1 saturated heterocycles. The molecule has 2 atom stereocenters. The van der Waals surface area contributed by atoms with Gasteiger partial charge in [0.05, 0.1) is 5.37 Å². The van der Waals surface area contributed by atoms with E-state index in [1.807, 2.05) is 11.8 Å². The highest BCUT2D eigenvalue weighted by Gasteiger charge is 2.19. The Hall–Kier alpha value is -0.470. The fraction of sp³-hybridized carbons (Fsp3) is 0.538. The first-order valence-electron chi connectivity index (χ1n) is 5.59. The van der Waals surface area contributed by atoms with Crippen LogP contribution < -0.4 is 5.32 Å². The number of rotatable bonds is 1. The molecule has 1 N–H and O–H groups in total. The van der Waals surface area contributed by atoms with Gasteiger partial charge in [-0.15, -0.1) is 11.8 Å². The minimum atomic E-state index is 0.500. The van der Waals surface area contributed by atoms with E-state index in [1.54, 1.807) is 0 Å². The zero-order valence-electron chi connectivity index (χ0n) is 9.71. The van der Waals surface area contributed by atoms with Crippen LogP contribution in [0.4, 0.5) is 0 Å². The zero-order chi connectivity index (χ0) is 10.8. The lowest BCUT2D eigenvalue weighted by Crippen LogP contribution is -2.31. The van der Waals surface area contributed by atoms with Crippen LogP contribution in [0.5, 0.6) is 0 Å². The molecule has 1 aromatic rings. The van der Waals surface area contributed by atoms with E-state index in [4.69, 9.17) is 0 Å². The topological polar surface area (TPSA) is 12.0 Å². The third kappa shape index (κ3) is 2.56. The number of aryl methyl sites for hydroxylation is 2. The van der Waals surface area contributed by atoms with E-state index in [0.29, 0.717) is 5.37 Å². The first kappa shape index (κ1) is 11.0. The van der Waals surface area contributed by atoms with E-state index in [-0.39, 0.29) is 0 Å². The molecule has 1 aliphatic rings. The minimum absolute atomic E-state index is 0.500. The molecule has 2 unspecified atom stereocenters. The molecule has 0 aliphatic carbocycles. The third-order valence-corrected chi connectivity index (χ3v) is 4.57. The van der Waals surface area contributed by atoms with Gasteiger partial charge in [0.1, 0.15) is 0 Å². The van der Waals surface area contributed by atoms with Crippen LogP contribution in [0, 0.1) is 19.8 Å². The van der Waals surface area contributed by atoms with Gasteiger partial charge >= 0.3 is 0 Å². The Balaban J connectivity index is 2.12. The van der Waals surface area contributed by atoms with Crippen molar-refractivity contribution in [1.29, 1.82) is 0 Å². The summed E-state index contributed by atoms with van der Waals surface area (Å²) in [5.41, 5.74) is 4.21. The van der Waals surface area contributed by atoms with Gasteiger partial charge in [-0.1, -0.05) is 25.1 Å². The maximum atomic E-state index is 3.59. The molecule has 82 valence electrons. The molecule has 0 spiro atoms. The predicted molar refractivity (Wildman–Crippen MR) is 68.3 cm³/mol. The van der Waals surface area contributed by atoms with Crippen molar-refractivity contribution in [2.45, 2.75) is 26.1 Å². The number of thioether (sulfide) groups is 1. The van der Waals surface area contributed by atoms with Crippen LogP contribution in [0.2, 0.25) is 0 Å². The van der Waals surface area contributed by atoms with Gasteiger partial charge in [0.25, 0.3) is 0 Å². The number of nitrogens with one attached hydrogen (secondary N) is 1. The molecule has 1 fully saturated rings. The van der Waals surface area contributed by atoms with E-state index in [0.717, 1.165) is 12.5 Å². The fourth-order valence-corrected chi connectivity index (χ4v) is 3.02. The SMILES string of the molecule is Cc1ccc(C2NCC(C)CS2)cc1C. The van der Waals surface area contributed by atoms with Gasteiger partial charge < -0.3 is 5.32 Å². The Labute approximate surface area is 96.7 Å². The van der Waals surface area contributed by atoms with Gasteiger partial charge in [0, 0.05) is 0 Å². The van der Waals surface area contributed by atoms with Crippen molar-refractivity contribution < 1.29 is 0 Å². The van der Waals surface area contributed by atoms with Crippen molar-refractivity contribution in [2.24, 2.45) is 5.92 Å². The molecule has 1 aromatic carbocycles. The van der Waals surface area contributed by atoms with Gasteiger partial charge in [-0.3, -0.25) is 0 Å². The van der Waals surface area contributed by atoms with Crippen LogP contribution >= 0.6 is 11.8 Å². The monoisotopic (exact) mass is 221 g/mol. The molecule has 1 aliphatic heterocycles. The lowest BCUT2D eigenvalue weighted by molar-refractivity contribution is 0.529. The van der Waals surface area contributed by atoms with Gasteiger partial charge in [-0.25, -0.2) is 0 Å². The average molecular weight is 221 g/mol. The summed E-state index contributed by atoms with van der Waals surface area (Å²) < 4.78 is 0. The largest absolute Gasteiger partial charge is 0.301 e. The molecular formula is C13H19NS. The summed E-state index contributed by atoms with van der Waals surface area (Å²) in [4.78, 5) is 0. The van der Waals surface area contributed by atoms with Crippen molar-refractivity contribution >= 4 is 11.8 Å². The van der Waals surface area contributed by atoms with Crippen molar-refractivity contribution in [3.05, 3.63) is 34.9 Å². The molecule has 2 heteroatoms. The standard InChI is InChI=1S/C13H19NS/c1-9-7-14-13(15-8-9)12-5-4-10(2)11(3)6-12/h4-6,9,13-14H,7-8H2,1-3H3. The summed E-state index contributed by atoms with van der Waals surface area (Å²) in [6.45, 7) is 7.80. The summed E-state index contributed by atoms with van der Waals surface area (Å²) in [6, 6.07) is 6.80. The highest BCUT2D eigenvalue weighted by Crippen LogP contribution is 2.32. The first-order chi connectivity index (χ1) is 7.16. The lowest BCUT2D eigenvalue weighted by Gasteiger charge is -2.28.